The van der Waals surface area contributed by atoms with E-state index in [1.54, 1.807) is 0 Å². The van der Waals surface area contributed by atoms with Crippen molar-refractivity contribution in [3.05, 3.63) is 0 Å². The third kappa shape index (κ3) is 3.62. The van der Waals surface area contributed by atoms with Gasteiger partial charge in [0.25, 0.3) is 0 Å². The summed E-state index contributed by atoms with van der Waals surface area (Å²) in [5.74, 6) is 4.19. The molecule has 3 aliphatic carbocycles. The van der Waals surface area contributed by atoms with Crippen LogP contribution in [0.2, 0.25) is 0 Å². The molecule has 4 rings (SSSR count). The molecule has 0 radical (unpaired) electrons. The average Bonchev–Trinajstić information content (AvgIpc) is 2.90. The molecular weight excluding hydrogens is 296 g/mol. The number of nitrogens with one attached hydrogen (secondary N) is 1. The van der Waals surface area contributed by atoms with E-state index in [1.807, 2.05) is 0 Å². The van der Waals surface area contributed by atoms with Crippen molar-refractivity contribution < 1.29 is 4.79 Å². The van der Waals surface area contributed by atoms with Gasteiger partial charge in [0.15, 0.2) is 0 Å². The summed E-state index contributed by atoms with van der Waals surface area (Å²) in [6, 6.07) is 0.560. The van der Waals surface area contributed by atoms with Gasteiger partial charge >= 0.3 is 0 Å². The summed E-state index contributed by atoms with van der Waals surface area (Å²) in [6.45, 7) is 2.63. The van der Waals surface area contributed by atoms with Crippen LogP contribution < -0.4 is 5.32 Å². The topological polar surface area (TPSA) is 32.3 Å². The van der Waals surface area contributed by atoms with Crippen molar-refractivity contribution in [3.63, 3.8) is 0 Å². The van der Waals surface area contributed by atoms with E-state index >= 15 is 0 Å². The monoisotopic (exact) mass is 326 g/mol. The maximum absolute atomic E-state index is 12.5. The Morgan fingerprint density at radius 1 is 1.09 bits per heavy atom. The lowest BCUT2D eigenvalue weighted by Crippen LogP contribution is -2.42. The largest absolute Gasteiger partial charge is 0.339 e. The summed E-state index contributed by atoms with van der Waals surface area (Å²) in [7, 11) is 0. The number of likely N-dealkylation sites (tertiary alicyclic amines) is 1. The highest BCUT2D eigenvalue weighted by molar-refractivity contribution is 5.85. The van der Waals surface area contributed by atoms with Crippen LogP contribution in [0.3, 0.4) is 0 Å². The van der Waals surface area contributed by atoms with Gasteiger partial charge in [0, 0.05) is 12.6 Å². The predicted octanol–water partition coefficient (Wildman–Crippen LogP) is 3.23. The fraction of sp³-hybridized carbons (Fsp3) is 0.944. The van der Waals surface area contributed by atoms with Gasteiger partial charge in [0.05, 0.1) is 6.54 Å². The average molecular weight is 327 g/mol. The molecule has 0 spiro atoms. The Bertz CT molecular complexity index is 399. The van der Waals surface area contributed by atoms with Crippen molar-refractivity contribution in [2.75, 3.05) is 19.6 Å². The Hall–Kier alpha value is -0.280. The summed E-state index contributed by atoms with van der Waals surface area (Å²) < 4.78 is 0. The molecule has 0 aromatic rings. The van der Waals surface area contributed by atoms with E-state index in [2.05, 4.69) is 10.2 Å². The zero-order valence-electron chi connectivity index (χ0n) is 13.6. The Kier molecular flexibility index (Phi) is 5.34. The molecule has 4 unspecified atom stereocenters. The Balaban J connectivity index is 0.00000144. The molecule has 22 heavy (non-hydrogen) atoms. The first-order valence-corrected chi connectivity index (χ1v) is 9.30. The highest BCUT2D eigenvalue weighted by Crippen LogP contribution is 2.50. The molecule has 3 nitrogen and oxygen atoms in total. The van der Waals surface area contributed by atoms with Crippen molar-refractivity contribution in [1.82, 2.24) is 10.2 Å². The fourth-order valence-corrected chi connectivity index (χ4v) is 5.23. The van der Waals surface area contributed by atoms with Gasteiger partial charge in [-0.1, -0.05) is 6.42 Å². The Morgan fingerprint density at radius 3 is 2.64 bits per heavy atom. The van der Waals surface area contributed by atoms with Crippen LogP contribution in [0, 0.1) is 23.7 Å². The van der Waals surface area contributed by atoms with Gasteiger partial charge in [0.2, 0.25) is 5.91 Å². The minimum atomic E-state index is 0. The molecular formula is C18H31ClN2O. The van der Waals surface area contributed by atoms with Gasteiger partial charge in [0.1, 0.15) is 0 Å². The molecule has 4 fully saturated rings. The lowest BCUT2D eigenvalue weighted by molar-refractivity contribution is -0.131. The molecule has 0 aromatic carbocycles. The summed E-state index contributed by atoms with van der Waals surface area (Å²) in [5.41, 5.74) is 0. The zero-order chi connectivity index (χ0) is 14.2. The molecule has 2 bridgehead atoms. The molecule has 0 aromatic heterocycles. The minimum absolute atomic E-state index is 0. The van der Waals surface area contributed by atoms with E-state index < -0.39 is 0 Å². The molecule has 4 aliphatic rings. The van der Waals surface area contributed by atoms with Crippen LogP contribution in [0.4, 0.5) is 0 Å². The fourth-order valence-electron chi connectivity index (χ4n) is 5.23. The van der Waals surface area contributed by atoms with Crippen LogP contribution in [-0.4, -0.2) is 36.5 Å². The second-order valence-corrected chi connectivity index (χ2v) is 8.13. The number of rotatable bonds is 6. The van der Waals surface area contributed by atoms with E-state index in [9.17, 15) is 4.79 Å². The van der Waals surface area contributed by atoms with Crippen molar-refractivity contribution in [3.8, 4) is 0 Å². The smallest absolute Gasteiger partial charge is 0.236 e. The molecule has 126 valence electrons. The standard InChI is InChI=1S/C18H30N2O.ClH/c21-18(12-19-11-13-3-4-13)20-7-1-2-17(20)10-16-9-14-5-6-15(16)8-14;/h13-17,19H,1-12H2;1H. The van der Waals surface area contributed by atoms with E-state index in [0.29, 0.717) is 18.5 Å². The molecule has 1 aliphatic heterocycles. The Labute approximate surface area is 141 Å². The summed E-state index contributed by atoms with van der Waals surface area (Å²) in [4.78, 5) is 14.7. The minimum Gasteiger partial charge on any atom is -0.339 e. The van der Waals surface area contributed by atoms with Crippen molar-refractivity contribution >= 4 is 18.3 Å². The predicted molar refractivity (Wildman–Crippen MR) is 91.1 cm³/mol. The molecule has 1 amide bonds. The number of carbonyl (C=O) groups excluding carboxylic acids is 1. The van der Waals surface area contributed by atoms with Gasteiger partial charge in [-0.05, 0) is 81.6 Å². The van der Waals surface area contributed by atoms with Crippen LogP contribution in [-0.2, 0) is 4.79 Å². The lowest BCUT2D eigenvalue weighted by Gasteiger charge is -2.30. The van der Waals surface area contributed by atoms with Gasteiger partial charge in [-0.25, -0.2) is 0 Å². The van der Waals surface area contributed by atoms with Crippen LogP contribution in [0.25, 0.3) is 0 Å². The summed E-state index contributed by atoms with van der Waals surface area (Å²) >= 11 is 0. The first-order valence-electron chi connectivity index (χ1n) is 9.30. The summed E-state index contributed by atoms with van der Waals surface area (Å²) in [6.07, 6.45) is 12.4. The molecule has 4 heteroatoms. The highest BCUT2D eigenvalue weighted by Gasteiger charge is 2.41. The Morgan fingerprint density at radius 2 is 1.95 bits per heavy atom. The number of nitrogens with zero attached hydrogens (tertiary/aromatic N) is 1. The third-order valence-corrected chi connectivity index (χ3v) is 6.56. The molecule has 1 N–H and O–H groups in total. The van der Waals surface area contributed by atoms with Gasteiger partial charge in [-0.3, -0.25) is 4.79 Å². The van der Waals surface area contributed by atoms with Gasteiger partial charge in [-0.15, -0.1) is 12.4 Å². The molecule has 3 saturated carbocycles. The van der Waals surface area contributed by atoms with Crippen molar-refractivity contribution in [2.24, 2.45) is 23.7 Å². The second kappa shape index (κ2) is 7.09. The van der Waals surface area contributed by atoms with E-state index in [-0.39, 0.29) is 12.4 Å². The van der Waals surface area contributed by atoms with Gasteiger partial charge < -0.3 is 10.2 Å². The lowest BCUT2D eigenvalue weighted by atomic mass is 9.83. The maximum Gasteiger partial charge on any atom is 0.236 e. The first-order chi connectivity index (χ1) is 10.3. The second-order valence-electron chi connectivity index (χ2n) is 8.13. The number of fused-ring (bicyclic) bond motifs is 2. The number of carbonyl (C=O) groups is 1. The quantitative estimate of drug-likeness (QED) is 0.812. The number of halogens is 1. The van der Waals surface area contributed by atoms with Crippen molar-refractivity contribution in [1.29, 1.82) is 0 Å². The van der Waals surface area contributed by atoms with Crippen molar-refractivity contribution in [2.45, 2.75) is 63.8 Å². The SMILES string of the molecule is Cl.O=C(CNCC1CC1)N1CCCC1CC1CC2CCC1C2. The summed E-state index contributed by atoms with van der Waals surface area (Å²) in [5, 5.41) is 3.37. The van der Waals surface area contributed by atoms with Crippen LogP contribution in [0.5, 0.6) is 0 Å². The highest BCUT2D eigenvalue weighted by atomic mass is 35.5. The van der Waals surface area contributed by atoms with Crippen LogP contribution >= 0.6 is 12.4 Å². The number of hydrogen-bond donors (Lipinski definition) is 1. The number of hydrogen-bond acceptors (Lipinski definition) is 2. The van der Waals surface area contributed by atoms with Crippen LogP contribution in [0.1, 0.15) is 57.8 Å². The maximum atomic E-state index is 12.5. The normalized spacial score (nSPS) is 36.6. The van der Waals surface area contributed by atoms with E-state index in [1.165, 1.54) is 57.8 Å². The molecule has 1 saturated heterocycles. The molecule has 4 atom stereocenters. The zero-order valence-corrected chi connectivity index (χ0v) is 14.5. The first kappa shape index (κ1) is 16.6. The van der Waals surface area contributed by atoms with E-state index in [0.717, 1.165) is 36.8 Å². The molecule has 1 heterocycles. The third-order valence-electron chi connectivity index (χ3n) is 6.56. The van der Waals surface area contributed by atoms with Gasteiger partial charge in [-0.2, -0.15) is 0 Å². The number of amides is 1. The van der Waals surface area contributed by atoms with Crippen LogP contribution in [0.15, 0.2) is 0 Å². The van der Waals surface area contributed by atoms with E-state index in [4.69, 9.17) is 0 Å².